The molecule has 0 saturated carbocycles. The van der Waals surface area contributed by atoms with Crippen molar-refractivity contribution in [2.45, 2.75) is 38.2 Å². The molecule has 1 rings (SSSR count). The predicted octanol–water partition coefficient (Wildman–Crippen LogP) is 1.39. The first-order valence-electron chi connectivity index (χ1n) is 3.89. The number of nitriles is 1. The first-order valence-corrected chi connectivity index (χ1v) is 3.89. The lowest BCUT2D eigenvalue weighted by Gasteiger charge is -2.20. The van der Waals surface area contributed by atoms with Gasteiger partial charge in [0.1, 0.15) is 6.10 Å². The van der Waals surface area contributed by atoms with Gasteiger partial charge in [0.15, 0.2) is 0 Å². The molecule has 1 aliphatic rings. The van der Waals surface area contributed by atoms with Crippen molar-refractivity contribution in [3.63, 3.8) is 0 Å². The minimum absolute atomic E-state index is 0.0101. The van der Waals surface area contributed by atoms with E-state index in [0.29, 0.717) is 19.3 Å². The van der Waals surface area contributed by atoms with Gasteiger partial charge in [-0.2, -0.15) is 5.26 Å². The third-order valence-corrected chi connectivity index (χ3v) is 1.78. The molecule has 3 nitrogen and oxygen atoms in total. The summed E-state index contributed by atoms with van der Waals surface area (Å²) in [4.78, 5) is 10.7. The quantitative estimate of drug-likeness (QED) is 0.563. The Hall–Kier alpha value is -1.04. The molecule has 11 heavy (non-hydrogen) atoms. The van der Waals surface area contributed by atoms with E-state index in [2.05, 4.69) is 0 Å². The summed E-state index contributed by atoms with van der Waals surface area (Å²) >= 11 is 0. The fourth-order valence-corrected chi connectivity index (χ4v) is 1.21. The summed E-state index contributed by atoms with van der Waals surface area (Å²) in [5.41, 5.74) is 0. The second-order valence-electron chi connectivity index (χ2n) is 2.70. The largest absolute Gasteiger partial charge is 0.462 e. The van der Waals surface area contributed by atoms with Crippen LogP contribution in [0.15, 0.2) is 0 Å². The molecule has 1 heterocycles. The van der Waals surface area contributed by atoms with Gasteiger partial charge in [-0.3, -0.25) is 4.79 Å². The zero-order valence-corrected chi connectivity index (χ0v) is 6.38. The highest BCUT2D eigenvalue weighted by Gasteiger charge is 2.19. The van der Waals surface area contributed by atoms with Gasteiger partial charge in [-0.1, -0.05) is 0 Å². The van der Waals surface area contributed by atoms with Crippen LogP contribution in [0.1, 0.15) is 32.1 Å². The summed E-state index contributed by atoms with van der Waals surface area (Å²) in [7, 11) is 0. The van der Waals surface area contributed by atoms with Gasteiger partial charge in [-0.15, -0.1) is 0 Å². The lowest BCUT2D eigenvalue weighted by Crippen LogP contribution is -2.23. The van der Waals surface area contributed by atoms with E-state index in [4.69, 9.17) is 10.00 Å². The SMILES string of the molecule is N#CCC[C@H]1CCCC(=O)O1. The molecule has 0 amide bonds. The number of carbonyl (C=O) groups is 1. The Morgan fingerprint density at radius 3 is 3.18 bits per heavy atom. The number of carbonyl (C=O) groups excluding carboxylic acids is 1. The van der Waals surface area contributed by atoms with Crippen molar-refractivity contribution in [3.05, 3.63) is 0 Å². The highest BCUT2D eigenvalue weighted by molar-refractivity contribution is 5.70. The maximum absolute atomic E-state index is 10.7. The van der Waals surface area contributed by atoms with E-state index in [1.165, 1.54) is 0 Å². The molecule has 0 aliphatic carbocycles. The van der Waals surface area contributed by atoms with Crippen molar-refractivity contribution in [3.8, 4) is 6.07 Å². The highest BCUT2D eigenvalue weighted by Crippen LogP contribution is 2.17. The van der Waals surface area contributed by atoms with Gasteiger partial charge < -0.3 is 4.74 Å². The number of hydrogen-bond acceptors (Lipinski definition) is 3. The van der Waals surface area contributed by atoms with Crippen molar-refractivity contribution in [2.24, 2.45) is 0 Å². The number of hydrogen-bond donors (Lipinski definition) is 0. The molecule has 0 aromatic rings. The van der Waals surface area contributed by atoms with Crippen LogP contribution in [-0.4, -0.2) is 12.1 Å². The van der Waals surface area contributed by atoms with Crippen molar-refractivity contribution in [1.82, 2.24) is 0 Å². The summed E-state index contributed by atoms with van der Waals surface area (Å²) in [5, 5.41) is 8.27. The van der Waals surface area contributed by atoms with Gasteiger partial charge in [-0.25, -0.2) is 0 Å². The Balaban J connectivity index is 2.24. The van der Waals surface area contributed by atoms with E-state index in [-0.39, 0.29) is 12.1 Å². The summed E-state index contributed by atoms with van der Waals surface area (Å²) in [6.45, 7) is 0. The average molecular weight is 153 g/mol. The lowest BCUT2D eigenvalue weighted by molar-refractivity contribution is -0.153. The smallest absolute Gasteiger partial charge is 0.306 e. The van der Waals surface area contributed by atoms with Crippen molar-refractivity contribution in [2.75, 3.05) is 0 Å². The Bertz CT molecular complexity index is 183. The fourth-order valence-electron chi connectivity index (χ4n) is 1.21. The summed E-state index contributed by atoms with van der Waals surface area (Å²) in [6, 6.07) is 2.04. The molecule has 0 spiro atoms. The third kappa shape index (κ3) is 2.58. The maximum Gasteiger partial charge on any atom is 0.306 e. The molecular weight excluding hydrogens is 142 g/mol. The van der Waals surface area contributed by atoms with Crippen molar-refractivity contribution in [1.29, 1.82) is 5.26 Å². The maximum atomic E-state index is 10.7. The van der Waals surface area contributed by atoms with Gasteiger partial charge >= 0.3 is 5.97 Å². The van der Waals surface area contributed by atoms with E-state index >= 15 is 0 Å². The number of esters is 1. The Kier molecular flexibility index (Phi) is 2.91. The van der Waals surface area contributed by atoms with Crippen LogP contribution in [0.2, 0.25) is 0 Å². The van der Waals surface area contributed by atoms with Gasteiger partial charge in [0, 0.05) is 12.8 Å². The molecule has 0 N–H and O–H groups in total. The van der Waals surface area contributed by atoms with Gasteiger partial charge in [0.2, 0.25) is 0 Å². The minimum atomic E-state index is -0.112. The number of nitrogens with zero attached hydrogens (tertiary/aromatic N) is 1. The third-order valence-electron chi connectivity index (χ3n) is 1.78. The van der Waals surface area contributed by atoms with Gasteiger partial charge in [0.25, 0.3) is 0 Å². The predicted molar refractivity (Wildman–Crippen MR) is 38.6 cm³/mol. The van der Waals surface area contributed by atoms with Crippen LogP contribution in [0.5, 0.6) is 0 Å². The lowest BCUT2D eigenvalue weighted by atomic mass is 10.1. The van der Waals surface area contributed by atoms with Crippen LogP contribution in [0, 0.1) is 11.3 Å². The van der Waals surface area contributed by atoms with E-state index in [1.54, 1.807) is 0 Å². The second kappa shape index (κ2) is 3.97. The topological polar surface area (TPSA) is 50.1 Å². The van der Waals surface area contributed by atoms with Crippen LogP contribution >= 0.6 is 0 Å². The molecule has 60 valence electrons. The first-order chi connectivity index (χ1) is 5.33. The monoisotopic (exact) mass is 153 g/mol. The first kappa shape index (κ1) is 8.06. The molecule has 3 heteroatoms. The average Bonchev–Trinajstić information content (AvgIpc) is 2.01. The van der Waals surface area contributed by atoms with E-state index in [1.807, 2.05) is 6.07 Å². The minimum Gasteiger partial charge on any atom is -0.462 e. The summed E-state index contributed by atoms with van der Waals surface area (Å²) in [6.07, 6.45) is 3.57. The van der Waals surface area contributed by atoms with Crippen LogP contribution in [0.3, 0.4) is 0 Å². The second-order valence-corrected chi connectivity index (χ2v) is 2.70. The molecule has 1 atom stereocenters. The Labute approximate surface area is 66.0 Å². The summed E-state index contributed by atoms with van der Waals surface area (Å²) < 4.78 is 5.00. The van der Waals surface area contributed by atoms with Crippen molar-refractivity contribution < 1.29 is 9.53 Å². The van der Waals surface area contributed by atoms with E-state index in [9.17, 15) is 4.79 Å². The van der Waals surface area contributed by atoms with E-state index < -0.39 is 0 Å². The number of cyclic esters (lactones) is 1. The molecular formula is C8H11NO2. The Morgan fingerprint density at radius 2 is 2.55 bits per heavy atom. The molecule has 0 bridgehead atoms. The number of ether oxygens (including phenoxy) is 1. The normalized spacial score (nSPS) is 23.9. The summed E-state index contributed by atoms with van der Waals surface area (Å²) in [5.74, 6) is -0.112. The molecule has 1 aliphatic heterocycles. The molecule has 0 aromatic carbocycles. The van der Waals surface area contributed by atoms with E-state index in [0.717, 1.165) is 12.8 Å². The van der Waals surface area contributed by atoms with Crippen LogP contribution < -0.4 is 0 Å². The Morgan fingerprint density at radius 1 is 1.73 bits per heavy atom. The van der Waals surface area contributed by atoms with Crippen molar-refractivity contribution >= 4 is 5.97 Å². The molecule has 1 fully saturated rings. The molecule has 0 aromatic heterocycles. The molecule has 0 radical (unpaired) electrons. The molecule has 1 saturated heterocycles. The fraction of sp³-hybridized carbons (Fsp3) is 0.750. The molecule has 0 unspecified atom stereocenters. The zero-order chi connectivity index (χ0) is 8.10. The van der Waals surface area contributed by atoms with Gasteiger partial charge in [0.05, 0.1) is 6.07 Å². The zero-order valence-electron chi connectivity index (χ0n) is 6.38. The number of rotatable bonds is 2. The van der Waals surface area contributed by atoms with Crippen LogP contribution in [0.4, 0.5) is 0 Å². The highest BCUT2D eigenvalue weighted by atomic mass is 16.5. The van der Waals surface area contributed by atoms with Crippen LogP contribution in [0.25, 0.3) is 0 Å². The standard InChI is InChI=1S/C8H11NO2/c9-6-2-4-7-3-1-5-8(10)11-7/h7H,1-5H2/t7-/m1/s1. The van der Waals surface area contributed by atoms with Gasteiger partial charge in [-0.05, 0) is 19.3 Å². The van der Waals surface area contributed by atoms with Crippen LogP contribution in [-0.2, 0) is 9.53 Å².